The van der Waals surface area contributed by atoms with Gasteiger partial charge in [-0.2, -0.15) is 0 Å². The lowest BCUT2D eigenvalue weighted by Gasteiger charge is -2.35. The molecule has 1 aliphatic heterocycles. The molecule has 4 nitrogen and oxygen atoms in total. The van der Waals surface area contributed by atoms with E-state index in [4.69, 9.17) is 9.47 Å². The second kappa shape index (κ2) is 9.88. The predicted octanol–water partition coefficient (Wildman–Crippen LogP) is 3.95. The predicted molar refractivity (Wildman–Crippen MR) is 110 cm³/mol. The smallest absolute Gasteiger partial charge is 0.119 e. The van der Waals surface area contributed by atoms with E-state index in [1.54, 1.807) is 0 Å². The van der Waals surface area contributed by atoms with Gasteiger partial charge in [-0.1, -0.05) is 42.0 Å². The summed E-state index contributed by atoms with van der Waals surface area (Å²) >= 11 is 0. The van der Waals surface area contributed by atoms with Crippen molar-refractivity contribution in [3.8, 4) is 5.75 Å². The van der Waals surface area contributed by atoms with Crippen LogP contribution in [0.2, 0.25) is 0 Å². The zero-order valence-electron chi connectivity index (χ0n) is 16.8. The lowest BCUT2D eigenvalue weighted by atomic mass is 10.0. The van der Waals surface area contributed by atoms with Crippen LogP contribution in [-0.4, -0.2) is 43.9 Å². The van der Waals surface area contributed by atoms with Crippen molar-refractivity contribution < 1.29 is 9.47 Å². The quantitative estimate of drug-likeness (QED) is 0.765. The third-order valence-electron chi connectivity index (χ3n) is 4.88. The molecular weight excluding hydrogens is 336 g/mol. The van der Waals surface area contributed by atoms with Crippen LogP contribution in [0.25, 0.3) is 0 Å². The van der Waals surface area contributed by atoms with Crippen molar-refractivity contribution >= 4 is 0 Å². The molecule has 1 saturated heterocycles. The average molecular weight is 369 g/mol. The Balaban J connectivity index is 1.60. The van der Waals surface area contributed by atoms with Crippen molar-refractivity contribution in [2.75, 3.05) is 32.8 Å². The fraction of sp³-hybridized carbons (Fsp3) is 0.478. The third-order valence-corrected chi connectivity index (χ3v) is 4.88. The van der Waals surface area contributed by atoms with Crippen molar-refractivity contribution in [2.24, 2.45) is 0 Å². The first-order valence-corrected chi connectivity index (χ1v) is 9.96. The fourth-order valence-corrected chi connectivity index (χ4v) is 3.54. The van der Waals surface area contributed by atoms with E-state index in [1.807, 2.05) is 13.8 Å². The summed E-state index contributed by atoms with van der Waals surface area (Å²) in [6.45, 7) is 11.7. The molecule has 3 rings (SSSR count). The maximum absolute atomic E-state index is 5.72. The van der Waals surface area contributed by atoms with E-state index in [1.165, 1.54) is 16.7 Å². The van der Waals surface area contributed by atoms with Gasteiger partial charge in [-0.25, -0.2) is 0 Å². The summed E-state index contributed by atoms with van der Waals surface area (Å²) in [5.74, 6) is 0.930. The molecular formula is C23H32N2O2. The maximum atomic E-state index is 5.72. The molecule has 0 aromatic heterocycles. The van der Waals surface area contributed by atoms with Crippen LogP contribution in [0.5, 0.6) is 5.75 Å². The van der Waals surface area contributed by atoms with Gasteiger partial charge in [-0.15, -0.1) is 0 Å². The van der Waals surface area contributed by atoms with Crippen LogP contribution in [-0.2, 0) is 11.3 Å². The molecule has 2 aromatic rings. The van der Waals surface area contributed by atoms with E-state index >= 15 is 0 Å². The number of hydrogen-bond donors (Lipinski definition) is 1. The molecule has 0 amide bonds. The van der Waals surface area contributed by atoms with Crippen LogP contribution in [0, 0.1) is 6.92 Å². The molecule has 1 aliphatic rings. The Morgan fingerprint density at radius 3 is 2.48 bits per heavy atom. The normalized spacial score (nSPS) is 16.4. The average Bonchev–Trinajstić information content (AvgIpc) is 2.67. The Hall–Kier alpha value is -1.88. The van der Waals surface area contributed by atoms with Gasteiger partial charge in [0, 0.05) is 32.2 Å². The van der Waals surface area contributed by atoms with Crippen molar-refractivity contribution in [3.63, 3.8) is 0 Å². The lowest BCUT2D eigenvalue weighted by molar-refractivity contribution is 0.0161. The highest BCUT2D eigenvalue weighted by atomic mass is 16.5. The van der Waals surface area contributed by atoms with Gasteiger partial charge in [-0.05, 0) is 44.0 Å². The first-order valence-electron chi connectivity index (χ1n) is 9.96. The molecule has 0 spiro atoms. The second-order valence-electron chi connectivity index (χ2n) is 7.52. The molecule has 1 heterocycles. The van der Waals surface area contributed by atoms with Crippen molar-refractivity contribution in [3.05, 3.63) is 65.2 Å². The maximum Gasteiger partial charge on any atom is 0.119 e. The third kappa shape index (κ3) is 6.06. The highest BCUT2D eigenvalue weighted by Gasteiger charge is 2.22. The topological polar surface area (TPSA) is 33.7 Å². The van der Waals surface area contributed by atoms with E-state index in [0.29, 0.717) is 6.04 Å². The summed E-state index contributed by atoms with van der Waals surface area (Å²) in [7, 11) is 0. The summed E-state index contributed by atoms with van der Waals surface area (Å²) in [6, 6.07) is 17.6. The zero-order valence-corrected chi connectivity index (χ0v) is 16.8. The standard InChI is InChI=1S/C23H32N2O2/c1-18(2)27-22-9-7-20(8-10-22)16-24-17-23(25-11-13-26-14-12-25)21-6-4-5-19(3)15-21/h4-10,15,18,23-24H,11-14,16-17H2,1-3H3. The number of morpholine rings is 1. The number of nitrogens with one attached hydrogen (secondary N) is 1. The SMILES string of the molecule is Cc1cccc(C(CNCc2ccc(OC(C)C)cc2)N2CCOCC2)c1. The van der Waals surface area contributed by atoms with Gasteiger partial charge in [0.2, 0.25) is 0 Å². The summed E-state index contributed by atoms with van der Waals surface area (Å²) in [5.41, 5.74) is 3.97. The number of ether oxygens (including phenoxy) is 2. The monoisotopic (exact) mass is 368 g/mol. The van der Waals surface area contributed by atoms with Gasteiger partial charge in [0.1, 0.15) is 5.75 Å². The van der Waals surface area contributed by atoms with Crippen LogP contribution in [0.15, 0.2) is 48.5 Å². The molecule has 0 radical (unpaired) electrons. The van der Waals surface area contributed by atoms with Gasteiger partial charge in [0.25, 0.3) is 0 Å². The fourth-order valence-electron chi connectivity index (χ4n) is 3.54. The van der Waals surface area contributed by atoms with Crippen molar-refractivity contribution in [1.29, 1.82) is 0 Å². The molecule has 146 valence electrons. The summed E-state index contributed by atoms with van der Waals surface area (Å²) in [5, 5.41) is 3.65. The van der Waals surface area contributed by atoms with Crippen LogP contribution < -0.4 is 10.1 Å². The molecule has 27 heavy (non-hydrogen) atoms. The molecule has 1 N–H and O–H groups in total. The molecule has 0 saturated carbocycles. The number of rotatable bonds is 8. The van der Waals surface area contributed by atoms with E-state index in [-0.39, 0.29) is 6.10 Å². The zero-order chi connectivity index (χ0) is 19.1. The molecule has 2 aromatic carbocycles. The molecule has 1 fully saturated rings. The minimum Gasteiger partial charge on any atom is -0.491 e. The molecule has 0 bridgehead atoms. The van der Waals surface area contributed by atoms with Crippen LogP contribution in [0.1, 0.15) is 36.6 Å². The van der Waals surface area contributed by atoms with Gasteiger partial charge in [0.05, 0.1) is 19.3 Å². The Morgan fingerprint density at radius 1 is 1.07 bits per heavy atom. The van der Waals surface area contributed by atoms with Gasteiger partial charge in [0.15, 0.2) is 0 Å². The Morgan fingerprint density at radius 2 is 1.81 bits per heavy atom. The Kier molecular flexibility index (Phi) is 7.27. The number of hydrogen-bond acceptors (Lipinski definition) is 4. The summed E-state index contributed by atoms with van der Waals surface area (Å²) in [4.78, 5) is 2.53. The van der Waals surface area contributed by atoms with Crippen LogP contribution in [0.4, 0.5) is 0 Å². The van der Waals surface area contributed by atoms with E-state index in [2.05, 4.69) is 65.7 Å². The minimum absolute atomic E-state index is 0.206. The van der Waals surface area contributed by atoms with Gasteiger partial charge < -0.3 is 14.8 Å². The van der Waals surface area contributed by atoms with E-state index in [9.17, 15) is 0 Å². The largest absolute Gasteiger partial charge is 0.491 e. The van der Waals surface area contributed by atoms with Crippen LogP contribution in [0.3, 0.4) is 0 Å². The van der Waals surface area contributed by atoms with Crippen LogP contribution >= 0.6 is 0 Å². The number of aryl methyl sites for hydroxylation is 1. The minimum atomic E-state index is 0.206. The molecule has 1 atom stereocenters. The summed E-state index contributed by atoms with van der Waals surface area (Å²) in [6.07, 6.45) is 0.206. The van der Waals surface area contributed by atoms with Gasteiger partial charge >= 0.3 is 0 Å². The number of benzene rings is 2. The Labute approximate surface area is 163 Å². The van der Waals surface area contributed by atoms with Crippen molar-refractivity contribution in [1.82, 2.24) is 10.2 Å². The highest BCUT2D eigenvalue weighted by Crippen LogP contribution is 2.22. The first-order chi connectivity index (χ1) is 13.1. The van der Waals surface area contributed by atoms with E-state index < -0.39 is 0 Å². The van der Waals surface area contributed by atoms with E-state index in [0.717, 1.165) is 45.1 Å². The first kappa shape index (κ1) is 19.9. The lowest BCUT2D eigenvalue weighted by Crippen LogP contribution is -2.42. The van der Waals surface area contributed by atoms with Crippen molar-refractivity contribution in [2.45, 2.75) is 39.5 Å². The number of nitrogens with zero attached hydrogens (tertiary/aromatic N) is 1. The molecule has 0 aliphatic carbocycles. The second-order valence-corrected chi connectivity index (χ2v) is 7.52. The molecule has 1 unspecified atom stereocenters. The summed E-state index contributed by atoms with van der Waals surface area (Å²) < 4.78 is 11.3. The van der Waals surface area contributed by atoms with Gasteiger partial charge in [-0.3, -0.25) is 4.90 Å². The molecule has 4 heteroatoms. The highest BCUT2D eigenvalue weighted by molar-refractivity contribution is 5.28. The Bertz CT molecular complexity index is 694.